The molecule has 4 rings (SSSR count). The Hall–Kier alpha value is -2.54. The number of anilines is 2. The Morgan fingerprint density at radius 3 is 2.23 bits per heavy atom. The van der Waals surface area contributed by atoms with Crippen LogP contribution in [-0.4, -0.2) is 5.91 Å². The monoisotopic (exact) mass is 465 g/mol. The maximum absolute atomic E-state index is 13.5. The molecule has 30 heavy (non-hydrogen) atoms. The zero-order valence-corrected chi connectivity index (χ0v) is 17.4. The summed E-state index contributed by atoms with van der Waals surface area (Å²) in [7, 11) is 0. The molecule has 0 aliphatic carbocycles. The SMILES string of the molecule is O=C(c1sc2ccccc2c1Cl)N(c1ccc(Cl)cc1)c1cccc(C(F)(F)F)c1. The van der Waals surface area contributed by atoms with Gasteiger partial charge in [-0.2, -0.15) is 13.2 Å². The number of benzene rings is 3. The van der Waals surface area contributed by atoms with Crippen LogP contribution in [0.2, 0.25) is 10.0 Å². The van der Waals surface area contributed by atoms with Crippen molar-refractivity contribution in [2.75, 3.05) is 4.90 Å². The lowest BCUT2D eigenvalue weighted by Gasteiger charge is -2.23. The molecule has 1 heterocycles. The van der Waals surface area contributed by atoms with Crippen LogP contribution in [0, 0.1) is 0 Å². The van der Waals surface area contributed by atoms with Gasteiger partial charge in [0.25, 0.3) is 5.91 Å². The van der Waals surface area contributed by atoms with E-state index >= 15 is 0 Å². The van der Waals surface area contributed by atoms with E-state index < -0.39 is 17.6 Å². The Morgan fingerprint density at radius 2 is 1.57 bits per heavy atom. The van der Waals surface area contributed by atoms with Crippen LogP contribution in [0.15, 0.2) is 72.8 Å². The van der Waals surface area contributed by atoms with Crippen LogP contribution in [0.1, 0.15) is 15.2 Å². The van der Waals surface area contributed by atoms with Crippen molar-refractivity contribution < 1.29 is 18.0 Å². The molecule has 1 aromatic heterocycles. The average Bonchev–Trinajstić information content (AvgIpc) is 3.06. The van der Waals surface area contributed by atoms with Gasteiger partial charge in [0.15, 0.2) is 0 Å². The lowest BCUT2D eigenvalue weighted by molar-refractivity contribution is -0.137. The number of hydrogen-bond acceptors (Lipinski definition) is 2. The molecule has 1 amide bonds. The van der Waals surface area contributed by atoms with Gasteiger partial charge >= 0.3 is 6.18 Å². The van der Waals surface area contributed by atoms with E-state index in [4.69, 9.17) is 23.2 Å². The number of fused-ring (bicyclic) bond motifs is 1. The van der Waals surface area contributed by atoms with Gasteiger partial charge in [0.2, 0.25) is 0 Å². The highest BCUT2D eigenvalue weighted by Crippen LogP contribution is 2.40. The predicted octanol–water partition coefficient (Wildman–Crippen LogP) is 8.21. The zero-order chi connectivity index (χ0) is 21.5. The molecule has 0 saturated carbocycles. The lowest BCUT2D eigenvalue weighted by Crippen LogP contribution is -2.25. The van der Waals surface area contributed by atoms with Gasteiger partial charge < -0.3 is 0 Å². The van der Waals surface area contributed by atoms with Crippen molar-refractivity contribution in [3.63, 3.8) is 0 Å². The van der Waals surface area contributed by atoms with E-state index in [1.165, 1.54) is 28.4 Å². The number of alkyl halides is 3. The van der Waals surface area contributed by atoms with Crippen LogP contribution in [0.5, 0.6) is 0 Å². The van der Waals surface area contributed by atoms with Gasteiger partial charge in [-0.1, -0.05) is 47.5 Å². The molecule has 152 valence electrons. The van der Waals surface area contributed by atoms with E-state index in [1.807, 2.05) is 12.1 Å². The summed E-state index contributed by atoms with van der Waals surface area (Å²) in [6, 6.07) is 18.1. The first-order valence-corrected chi connectivity index (χ1v) is 10.3. The van der Waals surface area contributed by atoms with Crippen LogP contribution < -0.4 is 4.90 Å². The van der Waals surface area contributed by atoms with Crippen LogP contribution in [0.25, 0.3) is 10.1 Å². The maximum Gasteiger partial charge on any atom is 0.416 e. The second-order valence-electron chi connectivity index (χ2n) is 6.41. The third-order valence-electron chi connectivity index (χ3n) is 4.45. The number of carbonyl (C=O) groups is 1. The number of rotatable bonds is 3. The average molecular weight is 466 g/mol. The third-order valence-corrected chi connectivity index (χ3v) is 6.36. The molecule has 0 N–H and O–H groups in total. The Kier molecular flexibility index (Phi) is 5.49. The topological polar surface area (TPSA) is 20.3 Å². The van der Waals surface area contributed by atoms with E-state index in [0.717, 1.165) is 16.8 Å². The first-order valence-electron chi connectivity index (χ1n) is 8.70. The first-order chi connectivity index (χ1) is 14.3. The Morgan fingerprint density at radius 1 is 0.867 bits per heavy atom. The van der Waals surface area contributed by atoms with Crippen molar-refractivity contribution >= 4 is 61.9 Å². The molecule has 0 fully saturated rings. The highest BCUT2D eigenvalue weighted by molar-refractivity contribution is 7.21. The number of nitrogens with zero attached hydrogens (tertiary/aromatic N) is 1. The summed E-state index contributed by atoms with van der Waals surface area (Å²) in [5.41, 5.74) is -0.405. The maximum atomic E-state index is 13.5. The second kappa shape index (κ2) is 7.95. The van der Waals surface area contributed by atoms with Gasteiger partial charge in [-0.15, -0.1) is 11.3 Å². The molecule has 0 aliphatic heterocycles. The summed E-state index contributed by atoms with van der Waals surface area (Å²) in [6.07, 6.45) is -4.54. The summed E-state index contributed by atoms with van der Waals surface area (Å²) >= 11 is 13.6. The summed E-state index contributed by atoms with van der Waals surface area (Å²) in [5.74, 6) is -0.525. The molecule has 0 unspecified atom stereocenters. The van der Waals surface area contributed by atoms with E-state index in [0.29, 0.717) is 16.1 Å². The third kappa shape index (κ3) is 3.90. The normalized spacial score (nSPS) is 11.6. The van der Waals surface area contributed by atoms with Gasteiger partial charge in [0, 0.05) is 26.5 Å². The summed E-state index contributed by atoms with van der Waals surface area (Å²) in [4.78, 5) is 15.0. The first kappa shape index (κ1) is 20.7. The Bertz CT molecular complexity index is 1240. The zero-order valence-electron chi connectivity index (χ0n) is 15.1. The minimum Gasteiger partial charge on any atom is -0.276 e. The fourth-order valence-electron chi connectivity index (χ4n) is 3.05. The van der Waals surface area contributed by atoms with Crippen molar-refractivity contribution in [3.05, 3.63) is 93.3 Å². The van der Waals surface area contributed by atoms with Crippen molar-refractivity contribution in [2.24, 2.45) is 0 Å². The molecular weight excluding hydrogens is 454 g/mol. The van der Waals surface area contributed by atoms with Crippen LogP contribution >= 0.6 is 34.5 Å². The number of thiophene rings is 1. The number of halogens is 5. The molecular formula is C22H12Cl2F3NOS. The summed E-state index contributed by atoms with van der Waals surface area (Å²) in [5, 5.41) is 1.43. The fourth-order valence-corrected chi connectivity index (χ4v) is 4.62. The van der Waals surface area contributed by atoms with Gasteiger partial charge in [0.05, 0.1) is 10.6 Å². The molecule has 8 heteroatoms. The molecule has 0 atom stereocenters. The number of hydrogen-bond donors (Lipinski definition) is 0. The minimum absolute atomic E-state index is 0.0747. The molecule has 0 bridgehead atoms. The molecule has 0 aliphatic rings. The van der Waals surface area contributed by atoms with E-state index in [1.54, 1.807) is 36.4 Å². The van der Waals surface area contributed by atoms with Crippen LogP contribution in [-0.2, 0) is 6.18 Å². The minimum atomic E-state index is -4.54. The lowest BCUT2D eigenvalue weighted by atomic mass is 10.1. The summed E-state index contributed by atoms with van der Waals surface area (Å²) < 4.78 is 40.6. The smallest absolute Gasteiger partial charge is 0.276 e. The van der Waals surface area contributed by atoms with Gasteiger partial charge in [-0.05, 0) is 48.5 Å². The predicted molar refractivity (Wildman–Crippen MR) is 116 cm³/mol. The quantitative estimate of drug-likeness (QED) is 0.298. The van der Waals surface area contributed by atoms with Crippen LogP contribution in [0.4, 0.5) is 24.5 Å². The van der Waals surface area contributed by atoms with Gasteiger partial charge in [-0.25, -0.2) is 0 Å². The van der Waals surface area contributed by atoms with Crippen molar-refractivity contribution in [1.29, 1.82) is 0 Å². The Balaban J connectivity index is 1.88. The highest BCUT2D eigenvalue weighted by atomic mass is 35.5. The molecule has 0 spiro atoms. The van der Waals surface area contributed by atoms with Crippen LogP contribution in [0.3, 0.4) is 0 Å². The number of amides is 1. The van der Waals surface area contributed by atoms with Crippen molar-refractivity contribution in [2.45, 2.75) is 6.18 Å². The van der Waals surface area contributed by atoms with Crippen molar-refractivity contribution in [1.82, 2.24) is 0 Å². The largest absolute Gasteiger partial charge is 0.416 e. The Labute approximate surface area is 184 Å². The van der Waals surface area contributed by atoms with Gasteiger partial charge in [-0.3, -0.25) is 9.69 Å². The molecule has 4 aromatic rings. The molecule has 0 saturated heterocycles. The van der Waals surface area contributed by atoms with E-state index in [2.05, 4.69) is 0 Å². The summed E-state index contributed by atoms with van der Waals surface area (Å²) in [6.45, 7) is 0. The molecule has 0 radical (unpaired) electrons. The molecule has 3 aromatic carbocycles. The second-order valence-corrected chi connectivity index (χ2v) is 8.27. The fraction of sp³-hybridized carbons (Fsp3) is 0.0455. The van der Waals surface area contributed by atoms with E-state index in [9.17, 15) is 18.0 Å². The van der Waals surface area contributed by atoms with Crippen molar-refractivity contribution in [3.8, 4) is 0 Å². The number of carbonyl (C=O) groups excluding carboxylic acids is 1. The standard InChI is InChI=1S/C22H12Cl2F3NOS/c23-14-8-10-15(11-9-14)28(16-5-3-4-13(12-16)22(25,26)27)21(29)20-19(24)17-6-1-2-7-18(17)30-20/h1-12H. The van der Waals surface area contributed by atoms with E-state index in [-0.39, 0.29) is 15.6 Å². The molecule has 2 nitrogen and oxygen atoms in total. The van der Waals surface area contributed by atoms with Gasteiger partial charge in [0.1, 0.15) is 4.88 Å². The highest BCUT2D eigenvalue weighted by Gasteiger charge is 2.32.